The van der Waals surface area contributed by atoms with Gasteiger partial charge in [0.25, 0.3) is 0 Å². The van der Waals surface area contributed by atoms with Crippen LogP contribution in [-0.4, -0.2) is 54.0 Å². The van der Waals surface area contributed by atoms with Gasteiger partial charge in [-0.15, -0.1) is 0 Å². The summed E-state index contributed by atoms with van der Waals surface area (Å²) in [6.07, 6.45) is 0.571. The minimum absolute atomic E-state index is 0.00739. The fourth-order valence-electron chi connectivity index (χ4n) is 2.59. The number of aliphatic hydroxyl groups is 1. The highest BCUT2D eigenvalue weighted by atomic mass is 16.5. The lowest BCUT2D eigenvalue weighted by Gasteiger charge is -2.32. The molecular weight excluding hydrogens is 307 g/mol. The molecule has 0 aromatic heterocycles. The monoisotopic (exact) mass is 342 g/mol. The van der Waals surface area contributed by atoms with E-state index in [-0.39, 0.29) is 18.6 Å². The number of esters is 1. The van der Waals surface area contributed by atoms with Crippen LogP contribution in [0.5, 0.6) is 0 Å². The highest BCUT2D eigenvalue weighted by molar-refractivity contribution is 6.11. The maximum atomic E-state index is 12.4. The van der Waals surface area contributed by atoms with Gasteiger partial charge in [-0.25, -0.2) is 0 Å². The third kappa shape index (κ3) is 8.26. The quantitative estimate of drug-likeness (QED) is 0.396. The zero-order chi connectivity index (χ0) is 19.3. The maximum Gasteiger partial charge on any atom is 0.326 e. The summed E-state index contributed by atoms with van der Waals surface area (Å²) in [5.41, 5.74) is 3.33. The second-order valence-electron chi connectivity index (χ2n) is 8.26. The minimum Gasteiger partial charge on any atom is -0.461 e. The molecule has 0 aliphatic heterocycles. The summed E-state index contributed by atoms with van der Waals surface area (Å²) < 4.78 is 5.43. The largest absolute Gasteiger partial charge is 0.461 e. The number of hydrogen-bond acceptors (Lipinski definition) is 6. The van der Waals surface area contributed by atoms with Gasteiger partial charge in [0.1, 0.15) is 19.0 Å². The van der Waals surface area contributed by atoms with Gasteiger partial charge >= 0.3 is 5.97 Å². The number of nitrogens with two attached hydrogens (primary N) is 1. The summed E-state index contributed by atoms with van der Waals surface area (Å²) in [4.78, 5) is 24.8. The van der Waals surface area contributed by atoms with Crippen molar-refractivity contribution in [3.63, 3.8) is 0 Å². The Morgan fingerprint density at radius 3 is 2.08 bits per heavy atom. The van der Waals surface area contributed by atoms with Crippen LogP contribution in [0.25, 0.3) is 0 Å². The van der Waals surface area contributed by atoms with Crippen molar-refractivity contribution in [2.24, 2.45) is 5.73 Å². The van der Waals surface area contributed by atoms with Crippen LogP contribution in [0, 0.1) is 0 Å². The standard InChI is InChI=1S/C17H35BN2O4/c1-10(2)20-13(14(21)16(5,6)23)9-17(7,19)15(22)24-12(4)8-11(3)18/h10-13,20,23H,8-9,18-19H2,1-7H3. The van der Waals surface area contributed by atoms with Gasteiger partial charge in [-0.3, -0.25) is 9.59 Å². The van der Waals surface area contributed by atoms with Crippen LogP contribution in [0.2, 0.25) is 5.82 Å². The molecule has 0 aliphatic rings. The van der Waals surface area contributed by atoms with Crippen molar-refractivity contribution in [3.05, 3.63) is 0 Å². The molecule has 7 heteroatoms. The van der Waals surface area contributed by atoms with E-state index in [9.17, 15) is 14.7 Å². The summed E-state index contributed by atoms with van der Waals surface area (Å²) in [5.74, 6) is -0.519. The van der Waals surface area contributed by atoms with E-state index in [1.54, 1.807) is 6.92 Å². The number of ketones is 1. The first-order valence-corrected chi connectivity index (χ1v) is 8.69. The van der Waals surface area contributed by atoms with Crippen molar-refractivity contribution in [2.45, 2.75) is 96.5 Å². The Kier molecular flexibility index (Phi) is 8.63. The molecule has 0 aromatic rings. The van der Waals surface area contributed by atoms with Crippen LogP contribution in [0.1, 0.15) is 61.3 Å². The van der Waals surface area contributed by atoms with E-state index in [2.05, 4.69) is 20.1 Å². The number of carbonyl (C=O) groups excluding carboxylic acids is 2. The molecule has 0 amide bonds. The van der Waals surface area contributed by atoms with E-state index >= 15 is 0 Å². The van der Waals surface area contributed by atoms with E-state index in [4.69, 9.17) is 10.5 Å². The van der Waals surface area contributed by atoms with Crippen molar-refractivity contribution in [3.8, 4) is 0 Å². The fraction of sp³-hybridized carbons (Fsp3) is 0.882. The van der Waals surface area contributed by atoms with Gasteiger partial charge in [-0.05, 0) is 40.5 Å². The summed E-state index contributed by atoms with van der Waals surface area (Å²) in [6.45, 7) is 12.1. The molecule has 6 nitrogen and oxygen atoms in total. The van der Waals surface area contributed by atoms with Crippen molar-refractivity contribution >= 4 is 19.6 Å². The summed E-state index contributed by atoms with van der Waals surface area (Å²) in [6, 6.07) is -0.721. The van der Waals surface area contributed by atoms with E-state index in [1.807, 2.05) is 20.8 Å². The topological polar surface area (TPSA) is 102 Å². The zero-order valence-electron chi connectivity index (χ0n) is 16.5. The van der Waals surface area contributed by atoms with Gasteiger partial charge < -0.3 is 20.9 Å². The lowest BCUT2D eigenvalue weighted by Crippen LogP contribution is -2.57. The number of ether oxygens (including phenoxy) is 1. The second-order valence-corrected chi connectivity index (χ2v) is 8.26. The molecule has 4 N–H and O–H groups in total. The first-order valence-electron chi connectivity index (χ1n) is 8.69. The Hall–Kier alpha value is -0.915. The normalized spacial score (nSPS) is 18.6. The lowest BCUT2D eigenvalue weighted by molar-refractivity contribution is -0.155. The molecule has 0 saturated heterocycles. The van der Waals surface area contributed by atoms with Crippen molar-refractivity contribution in [1.29, 1.82) is 0 Å². The zero-order valence-corrected chi connectivity index (χ0v) is 16.5. The minimum atomic E-state index is -1.50. The first-order chi connectivity index (χ1) is 10.7. The molecule has 0 bridgehead atoms. The van der Waals surface area contributed by atoms with Crippen LogP contribution in [-0.2, 0) is 14.3 Å². The van der Waals surface area contributed by atoms with Crippen LogP contribution in [0.15, 0.2) is 0 Å². The van der Waals surface area contributed by atoms with Gasteiger partial charge in [-0.1, -0.05) is 26.6 Å². The second kappa shape index (κ2) is 8.97. The molecule has 0 heterocycles. The van der Waals surface area contributed by atoms with E-state index in [0.717, 1.165) is 6.42 Å². The van der Waals surface area contributed by atoms with E-state index < -0.39 is 28.9 Å². The molecule has 0 saturated carbocycles. The molecule has 0 spiro atoms. The Morgan fingerprint density at radius 2 is 1.71 bits per heavy atom. The molecule has 0 aliphatic carbocycles. The number of rotatable bonds is 10. The number of nitrogens with one attached hydrogen (secondary N) is 1. The molecule has 4 unspecified atom stereocenters. The lowest BCUT2D eigenvalue weighted by atomic mass is 9.84. The molecule has 0 rings (SSSR count). The summed E-state index contributed by atoms with van der Waals surface area (Å²) in [7, 11) is 2.05. The fourth-order valence-corrected chi connectivity index (χ4v) is 2.59. The van der Waals surface area contributed by atoms with Crippen LogP contribution in [0.3, 0.4) is 0 Å². The number of Topliss-reactive ketones (excluding diaryl/α,β-unsaturated/α-hetero) is 1. The van der Waals surface area contributed by atoms with Gasteiger partial charge in [0.2, 0.25) is 0 Å². The molecule has 0 radical (unpaired) electrons. The molecule has 0 aromatic carbocycles. The predicted octanol–water partition coefficient (Wildman–Crippen LogP) is 0.564. The van der Waals surface area contributed by atoms with Gasteiger partial charge in [0.15, 0.2) is 5.78 Å². The van der Waals surface area contributed by atoms with Crippen molar-refractivity contribution in [2.75, 3.05) is 0 Å². The Balaban J connectivity index is 5.08. The Labute approximate surface area is 147 Å². The van der Waals surface area contributed by atoms with Gasteiger partial charge in [0, 0.05) is 6.04 Å². The van der Waals surface area contributed by atoms with E-state index in [0.29, 0.717) is 5.82 Å². The maximum absolute atomic E-state index is 12.4. The smallest absolute Gasteiger partial charge is 0.326 e. The van der Waals surface area contributed by atoms with Crippen molar-refractivity contribution < 1.29 is 19.4 Å². The molecule has 140 valence electrons. The highest BCUT2D eigenvalue weighted by Gasteiger charge is 2.40. The molecule has 24 heavy (non-hydrogen) atoms. The van der Waals surface area contributed by atoms with Crippen LogP contribution < -0.4 is 11.1 Å². The van der Waals surface area contributed by atoms with Crippen molar-refractivity contribution in [1.82, 2.24) is 5.32 Å². The van der Waals surface area contributed by atoms with Crippen LogP contribution in [0.4, 0.5) is 0 Å². The average Bonchev–Trinajstić information content (AvgIpc) is 2.33. The van der Waals surface area contributed by atoms with E-state index in [1.165, 1.54) is 13.8 Å². The number of hydrogen-bond donors (Lipinski definition) is 3. The molecule has 0 fully saturated rings. The molecule has 4 atom stereocenters. The SMILES string of the molecule is BC(C)CC(C)OC(=O)C(C)(N)CC(NC(C)C)C(=O)C(C)(C)O. The van der Waals surface area contributed by atoms with Gasteiger partial charge in [0.05, 0.1) is 12.1 Å². The molecular formula is C17H35BN2O4. The first kappa shape index (κ1) is 23.1. The summed E-state index contributed by atoms with van der Waals surface area (Å²) >= 11 is 0. The predicted molar refractivity (Wildman–Crippen MR) is 98.7 cm³/mol. The highest BCUT2D eigenvalue weighted by Crippen LogP contribution is 2.19. The third-order valence-electron chi connectivity index (χ3n) is 3.66. The Morgan fingerprint density at radius 1 is 1.21 bits per heavy atom. The van der Waals surface area contributed by atoms with Crippen LogP contribution >= 0.6 is 0 Å². The van der Waals surface area contributed by atoms with Gasteiger partial charge in [-0.2, -0.15) is 0 Å². The average molecular weight is 342 g/mol. The third-order valence-corrected chi connectivity index (χ3v) is 3.66. The summed E-state index contributed by atoms with van der Waals surface area (Å²) in [5, 5.41) is 13.1. The number of carbonyl (C=O) groups is 2. The Bertz CT molecular complexity index is 431.